The minimum Gasteiger partial charge on any atom is -0.373 e. The van der Waals surface area contributed by atoms with Gasteiger partial charge < -0.3 is 4.74 Å². The number of epoxide rings is 1. The molecule has 100 valence electrons. The van der Waals surface area contributed by atoms with E-state index in [0.29, 0.717) is 6.10 Å². The van der Waals surface area contributed by atoms with Gasteiger partial charge in [-0.2, -0.15) is 5.26 Å². The first kappa shape index (κ1) is 13.9. The van der Waals surface area contributed by atoms with Crippen molar-refractivity contribution in [2.24, 2.45) is 5.41 Å². The molecule has 0 radical (unpaired) electrons. The summed E-state index contributed by atoms with van der Waals surface area (Å²) in [5, 5.41) is 9.39. The Balaban J connectivity index is 2.11. The van der Waals surface area contributed by atoms with Gasteiger partial charge in [-0.05, 0) is 39.0 Å². The Labute approximate surface area is 115 Å². The van der Waals surface area contributed by atoms with Crippen molar-refractivity contribution in [2.75, 3.05) is 6.61 Å². The number of nitriles is 1. The average Bonchev–Trinajstić information content (AvgIpc) is 3.13. The molecule has 2 nitrogen and oxygen atoms in total. The van der Waals surface area contributed by atoms with Crippen molar-refractivity contribution in [1.29, 1.82) is 5.26 Å². The Morgan fingerprint density at radius 2 is 2.17 bits per heavy atom. The highest BCUT2D eigenvalue weighted by atomic mass is 35.5. The van der Waals surface area contributed by atoms with E-state index in [2.05, 4.69) is 26.8 Å². The fourth-order valence-electron chi connectivity index (χ4n) is 3.06. The number of hydrogen-bond donors (Lipinski definition) is 0. The van der Waals surface area contributed by atoms with E-state index in [1.807, 2.05) is 0 Å². The third-order valence-corrected chi connectivity index (χ3v) is 5.38. The Morgan fingerprint density at radius 1 is 1.50 bits per heavy atom. The number of halogens is 1. The quantitative estimate of drug-likeness (QED) is 0.435. The Hall–Kier alpha value is -0.520. The SMILES string of the molecule is CC1=C(CCCC2CO2)C(C)(C)C(Cl)(C#N)CC1. The highest BCUT2D eigenvalue weighted by Gasteiger charge is 2.48. The minimum absolute atomic E-state index is 0.226. The predicted octanol–water partition coefficient (Wildman–Crippen LogP) is 4.19. The summed E-state index contributed by atoms with van der Waals surface area (Å²) >= 11 is 6.55. The largest absolute Gasteiger partial charge is 0.373 e. The summed E-state index contributed by atoms with van der Waals surface area (Å²) in [6.07, 6.45) is 5.53. The van der Waals surface area contributed by atoms with Crippen molar-refractivity contribution in [1.82, 2.24) is 0 Å². The summed E-state index contributed by atoms with van der Waals surface area (Å²) in [5.41, 5.74) is 2.60. The minimum atomic E-state index is -0.738. The van der Waals surface area contributed by atoms with Crippen LogP contribution in [0, 0.1) is 16.7 Å². The smallest absolute Gasteiger partial charge is 0.140 e. The van der Waals surface area contributed by atoms with Crippen molar-refractivity contribution in [3.8, 4) is 6.07 Å². The molecule has 1 aliphatic heterocycles. The molecule has 0 bridgehead atoms. The van der Waals surface area contributed by atoms with Crippen molar-refractivity contribution in [3.05, 3.63) is 11.1 Å². The van der Waals surface area contributed by atoms with Crippen molar-refractivity contribution < 1.29 is 4.74 Å². The number of ether oxygens (including phenoxy) is 1. The molecule has 2 atom stereocenters. The second-order valence-electron chi connectivity index (χ2n) is 6.14. The monoisotopic (exact) mass is 267 g/mol. The fourth-order valence-corrected chi connectivity index (χ4v) is 3.27. The van der Waals surface area contributed by atoms with E-state index in [1.165, 1.54) is 11.1 Å². The van der Waals surface area contributed by atoms with Crippen LogP contribution in [0.5, 0.6) is 0 Å². The zero-order chi connectivity index (χ0) is 13.4. The molecule has 3 heteroatoms. The van der Waals surface area contributed by atoms with Gasteiger partial charge >= 0.3 is 0 Å². The lowest BCUT2D eigenvalue weighted by atomic mass is 9.64. The van der Waals surface area contributed by atoms with Crippen LogP contribution in [0.3, 0.4) is 0 Å². The third-order valence-electron chi connectivity index (χ3n) is 4.64. The lowest BCUT2D eigenvalue weighted by Gasteiger charge is -2.44. The molecule has 2 rings (SSSR count). The van der Waals surface area contributed by atoms with E-state index in [-0.39, 0.29) is 5.41 Å². The van der Waals surface area contributed by atoms with Crippen LogP contribution < -0.4 is 0 Å². The first-order chi connectivity index (χ1) is 8.40. The van der Waals surface area contributed by atoms with Crippen LogP contribution in [0.4, 0.5) is 0 Å². The van der Waals surface area contributed by atoms with Crippen molar-refractivity contribution >= 4 is 11.6 Å². The van der Waals surface area contributed by atoms with Gasteiger partial charge in [0.1, 0.15) is 4.87 Å². The normalized spacial score (nSPS) is 34.3. The van der Waals surface area contributed by atoms with Gasteiger partial charge in [-0.25, -0.2) is 0 Å². The van der Waals surface area contributed by atoms with Gasteiger partial charge in [-0.1, -0.05) is 25.0 Å². The number of alkyl halides is 1. The highest BCUT2D eigenvalue weighted by molar-refractivity contribution is 6.26. The lowest BCUT2D eigenvalue weighted by Crippen LogP contribution is -2.43. The molecule has 0 saturated carbocycles. The van der Waals surface area contributed by atoms with E-state index >= 15 is 0 Å². The van der Waals surface area contributed by atoms with E-state index in [9.17, 15) is 5.26 Å². The van der Waals surface area contributed by atoms with E-state index in [1.54, 1.807) is 0 Å². The maximum atomic E-state index is 9.39. The molecular formula is C15H22ClNO. The van der Waals surface area contributed by atoms with Crippen LogP contribution in [0.25, 0.3) is 0 Å². The number of nitrogens with zero attached hydrogens (tertiary/aromatic N) is 1. The standard InChI is InChI=1S/C15H22ClNO/c1-11-7-8-15(16,10-17)14(2,3)13(11)6-4-5-12-9-18-12/h12H,4-9H2,1-3H3. The van der Waals surface area contributed by atoms with Crippen molar-refractivity contribution in [3.63, 3.8) is 0 Å². The first-order valence-corrected chi connectivity index (χ1v) is 7.19. The molecule has 1 fully saturated rings. The van der Waals surface area contributed by atoms with Gasteiger partial charge in [0, 0.05) is 5.41 Å². The summed E-state index contributed by atoms with van der Waals surface area (Å²) in [6, 6.07) is 2.34. The lowest BCUT2D eigenvalue weighted by molar-refractivity contribution is 0.300. The molecule has 0 aromatic heterocycles. The number of hydrogen-bond acceptors (Lipinski definition) is 2. The van der Waals surface area contributed by atoms with Gasteiger partial charge in [0.25, 0.3) is 0 Å². The molecule has 1 saturated heterocycles. The maximum Gasteiger partial charge on any atom is 0.140 e. The number of allylic oxidation sites excluding steroid dienone is 2. The van der Waals surface area contributed by atoms with Crippen LogP contribution in [-0.2, 0) is 4.74 Å². The van der Waals surface area contributed by atoms with Crippen LogP contribution >= 0.6 is 11.6 Å². The van der Waals surface area contributed by atoms with Gasteiger partial charge in [0.2, 0.25) is 0 Å². The molecule has 0 amide bonds. The summed E-state index contributed by atoms with van der Waals surface area (Å²) in [5.74, 6) is 0. The second-order valence-corrected chi connectivity index (χ2v) is 6.79. The molecular weight excluding hydrogens is 246 g/mol. The zero-order valence-electron chi connectivity index (χ0n) is 11.6. The van der Waals surface area contributed by atoms with Gasteiger partial charge in [0.05, 0.1) is 18.8 Å². The molecule has 0 aromatic carbocycles. The molecule has 0 spiro atoms. The molecule has 0 N–H and O–H groups in total. The fraction of sp³-hybridized carbons (Fsp3) is 0.800. The van der Waals surface area contributed by atoms with E-state index < -0.39 is 4.87 Å². The van der Waals surface area contributed by atoms with Crippen LogP contribution in [0.1, 0.15) is 52.9 Å². The van der Waals surface area contributed by atoms with Crippen LogP contribution in [-0.4, -0.2) is 17.6 Å². The van der Waals surface area contributed by atoms with Gasteiger partial charge in [-0.3, -0.25) is 0 Å². The highest BCUT2D eigenvalue weighted by Crippen LogP contribution is 2.52. The number of rotatable bonds is 4. The third kappa shape index (κ3) is 2.44. The molecule has 0 aromatic rings. The Morgan fingerprint density at radius 3 is 2.72 bits per heavy atom. The maximum absolute atomic E-state index is 9.39. The molecule has 2 aliphatic rings. The summed E-state index contributed by atoms with van der Waals surface area (Å²) < 4.78 is 5.24. The summed E-state index contributed by atoms with van der Waals surface area (Å²) in [4.78, 5) is -0.738. The van der Waals surface area contributed by atoms with Crippen LogP contribution in [0.15, 0.2) is 11.1 Å². The molecule has 18 heavy (non-hydrogen) atoms. The van der Waals surface area contributed by atoms with E-state index in [0.717, 1.165) is 38.7 Å². The van der Waals surface area contributed by atoms with Gasteiger partial charge in [0.15, 0.2) is 0 Å². The second kappa shape index (κ2) is 4.87. The molecule has 1 aliphatic carbocycles. The first-order valence-electron chi connectivity index (χ1n) is 6.81. The molecule has 1 heterocycles. The average molecular weight is 268 g/mol. The van der Waals surface area contributed by atoms with Crippen LogP contribution in [0.2, 0.25) is 0 Å². The van der Waals surface area contributed by atoms with E-state index in [4.69, 9.17) is 16.3 Å². The topological polar surface area (TPSA) is 36.3 Å². The Kier molecular flexibility index (Phi) is 3.76. The Bertz CT molecular complexity index is 403. The summed E-state index contributed by atoms with van der Waals surface area (Å²) in [7, 11) is 0. The summed E-state index contributed by atoms with van der Waals surface area (Å²) in [6.45, 7) is 7.36. The van der Waals surface area contributed by atoms with Crippen molar-refractivity contribution in [2.45, 2.75) is 63.9 Å². The molecule has 2 unspecified atom stereocenters. The predicted molar refractivity (Wildman–Crippen MR) is 73.5 cm³/mol. The zero-order valence-corrected chi connectivity index (χ0v) is 12.3. The van der Waals surface area contributed by atoms with Gasteiger partial charge in [-0.15, -0.1) is 11.6 Å².